The Kier molecular flexibility index (Phi) is 7.02. The molecule has 0 spiro atoms. The molecule has 2 amide bonds. The van der Waals surface area contributed by atoms with Gasteiger partial charge in [0.25, 0.3) is 5.91 Å². The molecule has 31 heavy (non-hydrogen) atoms. The fourth-order valence-corrected chi connectivity index (χ4v) is 3.29. The lowest BCUT2D eigenvalue weighted by atomic mass is 10.2. The molecule has 3 aromatic rings. The minimum Gasteiger partial charge on any atom is -0.495 e. The Morgan fingerprint density at radius 1 is 1.16 bits per heavy atom. The van der Waals surface area contributed by atoms with Crippen molar-refractivity contribution in [3.8, 4) is 11.4 Å². The molecule has 1 heterocycles. The van der Waals surface area contributed by atoms with E-state index in [1.807, 2.05) is 6.92 Å². The van der Waals surface area contributed by atoms with E-state index in [2.05, 4.69) is 10.4 Å². The lowest BCUT2D eigenvalue weighted by Gasteiger charge is -2.22. The van der Waals surface area contributed by atoms with Gasteiger partial charge >= 0.3 is 0 Å². The number of nitrogens with one attached hydrogen (secondary N) is 1. The number of rotatable bonds is 8. The van der Waals surface area contributed by atoms with Crippen molar-refractivity contribution in [2.75, 3.05) is 25.5 Å². The number of nitrogens with zero attached hydrogens (tertiary/aromatic N) is 3. The molecular weight excluding hydrogens is 399 g/mol. The fourth-order valence-electron chi connectivity index (χ4n) is 3.29. The van der Waals surface area contributed by atoms with E-state index in [9.17, 15) is 14.0 Å². The third kappa shape index (κ3) is 4.91. The van der Waals surface area contributed by atoms with E-state index in [1.54, 1.807) is 49.4 Å². The molecule has 0 fully saturated rings. The summed E-state index contributed by atoms with van der Waals surface area (Å²) in [6.45, 7) is 3.89. The summed E-state index contributed by atoms with van der Waals surface area (Å²) in [6, 6.07) is 13.3. The van der Waals surface area contributed by atoms with Gasteiger partial charge in [0.2, 0.25) is 5.91 Å². The quantitative estimate of drug-likeness (QED) is 0.597. The number of carbonyl (C=O) groups excluding carboxylic acids is 2. The van der Waals surface area contributed by atoms with Crippen LogP contribution in [-0.4, -0.2) is 46.7 Å². The Morgan fingerprint density at radius 3 is 2.58 bits per heavy atom. The molecule has 162 valence electrons. The lowest BCUT2D eigenvalue weighted by Crippen LogP contribution is -2.38. The highest BCUT2D eigenvalue weighted by Gasteiger charge is 2.23. The van der Waals surface area contributed by atoms with E-state index >= 15 is 0 Å². The first kappa shape index (κ1) is 22.0. The molecule has 0 unspecified atom stereocenters. The van der Waals surface area contributed by atoms with Gasteiger partial charge in [0.1, 0.15) is 23.8 Å². The van der Waals surface area contributed by atoms with Crippen LogP contribution in [0.2, 0.25) is 0 Å². The zero-order valence-electron chi connectivity index (χ0n) is 17.8. The predicted molar refractivity (Wildman–Crippen MR) is 116 cm³/mol. The number of anilines is 1. The fraction of sp³-hybridized carbons (Fsp3) is 0.261. The molecule has 1 aromatic heterocycles. The van der Waals surface area contributed by atoms with E-state index < -0.39 is 5.82 Å². The zero-order chi connectivity index (χ0) is 22.4. The smallest absolute Gasteiger partial charge is 0.257 e. The molecule has 0 aliphatic heterocycles. The van der Waals surface area contributed by atoms with Crippen LogP contribution >= 0.6 is 0 Å². The average Bonchev–Trinajstić information content (AvgIpc) is 3.14. The normalized spacial score (nSPS) is 10.6. The van der Waals surface area contributed by atoms with Crippen LogP contribution < -0.4 is 10.1 Å². The summed E-state index contributed by atoms with van der Waals surface area (Å²) in [5.41, 5.74) is 1.61. The monoisotopic (exact) mass is 424 g/mol. The van der Waals surface area contributed by atoms with Crippen LogP contribution in [0.15, 0.2) is 54.7 Å². The van der Waals surface area contributed by atoms with E-state index in [0.29, 0.717) is 35.7 Å². The van der Waals surface area contributed by atoms with Gasteiger partial charge in [-0.15, -0.1) is 0 Å². The second kappa shape index (κ2) is 9.88. The third-order valence-corrected chi connectivity index (χ3v) is 4.82. The first-order valence-corrected chi connectivity index (χ1v) is 9.98. The molecule has 0 bridgehead atoms. The standard InChI is InChI=1S/C23H25FN4O3/c1-4-13-27(15-22(29)26-19-10-6-8-12-21(19)31-3)23(30)17-14-25-28(16(17)2)20-11-7-5-9-18(20)24/h5-12,14H,4,13,15H2,1-3H3,(H,26,29). The Bertz CT molecular complexity index is 1080. The van der Waals surface area contributed by atoms with E-state index in [0.717, 1.165) is 0 Å². The molecule has 3 rings (SSSR count). The van der Waals surface area contributed by atoms with Gasteiger partial charge in [-0.1, -0.05) is 31.2 Å². The summed E-state index contributed by atoms with van der Waals surface area (Å²) in [5.74, 6) is -0.580. The van der Waals surface area contributed by atoms with E-state index in [4.69, 9.17) is 4.74 Å². The molecular formula is C23H25FN4O3. The van der Waals surface area contributed by atoms with Gasteiger partial charge in [-0.25, -0.2) is 9.07 Å². The number of hydrogen-bond acceptors (Lipinski definition) is 4. The molecule has 0 atom stereocenters. The molecule has 7 nitrogen and oxygen atoms in total. The molecule has 0 radical (unpaired) electrons. The Morgan fingerprint density at radius 2 is 1.87 bits per heavy atom. The van der Waals surface area contributed by atoms with Crippen molar-refractivity contribution < 1.29 is 18.7 Å². The summed E-state index contributed by atoms with van der Waals surface area (Å²) in [4.78, 5) is 27.3. The molecule has 0 aliphatic rings. The lowest BCUT2D eigenvalue weighted by molar-refractivity contribution is -0.116. The minimum absolute atomic E-state index is 0.130. The van der Waals surface area contributed by atoms with Crippen molar-refractivity contribution in [1.29, 1.82) is 0 Å². The van der Waals surface area contributed by atoms with E-state index in [-0.39, 0.29) is 24.0 Å². The van der Waals surface area contributed by atoms with Crippen molar-refractivity contribution in [3.05, 3.63) is 71.8 Å². The summed E-state index contributed by atoms with van der Waals surface area (Å²) < 4.78 is 20.8. The Labute approximate surface area is 180 Å². The summed E-state index contributed by atoms with van der Waals surface area (Å²) in [7, 11) is 1.52. The highest BCUT2D eigenvalue weighted by atomic mass is 19.1. The molecule has 8 heteroatoms. The predicted octanol–water partition coefficient (Wildman–Crippen LogP) is 3.82. The number of halogens is 1. The molecule has 0 aliphatic carbocycles. The summed E-state index contributed by atoms with van der Waals surface area (Å²) in [5, 5.41) is 6.97. The number of para-hydroxylation sites is 3. The average molecular weight is 424 g/mol. The number of hydrogen-bond donors (Lipinski definition) is 1. The first-order chi connectivity index (χ1) is 15.0. The van der Waals surface area contributed by atoms with Crippen LogP contribution in [0, 0.1) is 12.7 Å². The van der Waals surface area contributed by atoms with E-state index in [1.165, 1.54) is 29.0 Å². The van der Waals surface area contributed by atoms with Crippen molar-refractivity contribution in [2.24, 2.45) is 0 Å². The molecule has 1 N–H and O–H groups in total. The highest BCUT2D eigenvalue weighted by molar-refractivity contribution is 6.00. The second-order valence-corrected chi connectivity index (χ2v) is 6.98. The van der Waals surface area contributed by atoms with Crippen LogP contribution in [-0.2, 0) is 4.79 Å². The number of amides is 2. The third-order valence-electron chi connectivity index (χ3n) is 4.82. The Hall–Kier alpha value is -3.68. The maximum absolute atomic E-state index is 14.2. The van der Waals surface area contributed by atoms with Crippen molar-refractivity contribution in [3.63, 3.8) is 0 Å². The van der Waals surface area contributed by atoms with Crippen LogP contribution in [0.4, 0.5) is 10.1 Å². The number of carbonyl (C=O) groups is 2. The molecule has 2 aromatic carbocycles. The number of benzene rings is 2. The van der Waals surface area contributed by atoms with Gasteiger partial charge in [0.05, 0.1) is 30.3 Å². The van der Waals surface area contributed by atoms with Crippen LogP contribution in [0.5, 0.6) is 5.75 Å². The maximum Gasteiger partial charge on any atom is 0.257 e. The van der Waals surface area contributed by atoms with Crippen molar-refractivity contribution in [1.82, 2.24) is 14.7 Å². The number of ether oxygens (including phenoxy) is 1. The topological polar surface area (TPSA) is 76.5 Å². The van der Waals surface area contributed by atoms with Crippen molar-refractivity contribution in [2.45, 2.75) is 20.3 Å². The molecule has 0 saturated carbocycles. The molecule has 0 saturated heterocycles. The van der Waals surface area contributed by atoms with Gasteiger partial charge in [-0.05, 0) is 37.6 Å². The van der Waals surface area contributed by atoms with Gasteiger partial charge in [0.15, 0.2) is 0 Å². The number of aromatic nitrogens is 2. The van der Waals surface area contributed by atoms with Crippen molar-refractivity contribution >= 4 is 17.5 Å². The minimum atomic E-state index is -0.436. The SMILES string of the molecule is CCCN(CC(=O)Nc1ccccc1OC)C(=O)c1cnn(-c2ccccc2F)c1C. The second-order valence-electron chi connectivity index (χ2n) is 6.98. The van der Waals surface area contributed by atoms with Gasteiger partial charge in [0, 0.05) is 6.54 Å². The zero-order valence-corrected chi connectivity index (χ0v) is 17.8. The number of methoxy groups -OCH3 is 1. The Balaban J connectivity index is 1.79. The summed E-state index contributed by atoms with van der Waals surface area (Å²) in [6.07, 6.45) is 2.08. The van der Waals surface area contributed by atoms with Gasteiger partial charge in [-0.3, -0.25) is 9.59 Å². The van der Waals surface area contributed by atoms with Crippen LogP contribution in [0.25, 0.3) is 5.69 Å². The first-order valence-electron chi connectivity index (χ1n) is 9.98. The largest absolute Gasteiger partial charge is 0.495 e. The van der Waals surface area contributed by atoms with Gasteiger partial charge < -0.3 is 15.0 Å². The van der Waals surface area contributed by atoms with Crippen LogP contribution in [0.3, 0.4) is 0 Å². The summed E-state index contributed by atoms with van der Waals surface area (Å²) >= 11 is 0. The van der Waals surface area contributed by atoms with Gasteiger partial charge in [-0.2, -0.15) is 5.10 Å². The maximum atomic E-state index is 14.2. The van der Waals surface area contributed by atoms with Crippen LogP contribution in [0.1, 0.15) is 29.4 Å². The highest BCUT2D eigenvalue weighted by Crippen LogP contribution is 2.23.